The summed E-state index contributed by atoms with van der Waals surface area (Å²) < 4.78 is 65.0. The third-order valence-corrected chi connectivity index (χ3v) is 5.17. The summed E-state index contributed by atoms with van der Waals surface area (Å²) in [7, 11) is -4.16. The van der Waals surface area contributed by atoms with Crippen LogP contribution in [0.4, 0.5) is 23.7 Å². The lowest BCUT2D eigenvalue weighted by atomic mass is 10.1. The Balaban J connectivity index is 2.16. The molecule has 0 bridgehead atoms. The maximum atomic E-state index is 12.7. The Morgan fingerprint density at radius 2 is 1.78 bits per heavy atom. The Bertz CT molecular complexity index is 912. The lowest BCUT2D eigenvalue weighted by Gasteiger charge is -2.13. The quantitative estimate of drug-likeness (QED) is 0.747. The van der Waals surface area contributed by atoms with Crippen molar-refractivity contribution >= 4 is 21.7 Å². The van der Waals surface area contributed by atoms with Gasteiger partial charge in [-0.2, -0.15) is 13.2 Å². The molecule has 0 saturated heterocycles. The smallest absolute Gasteiger partial charge is 0.307 e. The zero-order valence-electron chi connectivity index (χ0n) is 14.5. The highest BCUT2D eigenvalue weighted by atomic mass is 32.2. The molecule has 0 atom stereocenters. The van der Waals surface area contributed by atoms with E-state index >= 15 is 0 Å². The number of halogens is 3. The second kappa shape index (κ2) is 8.43. The van der Waals surface area contributed by atoms with Gasteiger partial charge in [0.05, 0.1) is 10.5 Å². The molecule has 2 aromatic rings. The van der Waals surface area contributed by atoms with Crippen LogP contribution in [0.2, 0.25) is 0 Å². The van der Waals surface area contributed by atoms with Gasteiger partial charge in [-0.25, -0.2) is 17.9 Å². The molecule has 0 radical (unpaired) electrons. The van der Waals surface area contributed by atoms with E-state index < -0.39 is 27.8 Å². The average molecular weight is 400 g/mol. The third-order valence-electron chi connectivity index (χ3n) is 3.74. The first-order valence-electron chi connectivity index (χ1n) is 8.22. The Morgan fingerprint density at radius 3 is 2.44 bits per heavy atom. The van der Waals surface area contributed by atoms with Gasteiger partial charge in [-0.15, -0.1) is 0 Å². The molecule has 0 heterocycles. The molecule has 2 N–H and O–H groups in total. The van der Waals surface area contributed by atoms with Crippen molar-refractivity contribution < 1.29 is 26.4 Å². The van der Waals surface area contributed by atoms with Crippen LogP contribution < -0.4 is 10.0 Å². The van der Waals surface area contributed by atoms with Gasteiger partial charge >= 0.3 is 12.2 Å². The number of carbonyl (C=O) groups excluding carboxylic acids is 1. The highest BCUT2D eigenvalue weighted by Crippen LogP contribution is 2.30. The van der Waals surface area contributed by atoms with E-state index in [0.717, 1.165) is 31.0 Å². The summed E-state index contributed by atoms with van der Waals surface area (Å²) in [6, 6.07) is 9.07. The van der Waals surface area contributed by atoms with Crippen molar-refractivity contribution in [3.05, 3.63) is 59.7 Å². The fourth-order valence-corrected chi connectivity index (χ4v) is 3.62. The van der Waals surface area contributed by atoms with Crippen LogP contribution in [-0.4, -0.2) is 14.4 Å². The molecule has 0 aromatic heterocycles. The average Bonchev–Trinajstić information content (AvgIpc) is 2.59. The summed E-state index contributed by atoms with van der Waals surface area (Å²) in [5.74, 6) is 0. The zero-order chi connectivity index (χ0) is 20.1. The summed E-state index contributed by atoms with van der Waals surface area (Å²) in [5.41, 5.74) is -0.552. The summed E-state index contributed by atoms with van der Waals surface area (Å²) in [5, 5.41) is 2.11. The predicted molar refractivity (Wildman–Crippen MR) is 95.8 cm³/mol. The summed E-state index contributed by atoms with van der Waals surface area (Å²) in [4.78, 5) is 12.0. The molecule has 0 saturated carbocycles. The number of amides is 2. The molecule has 2 aromatic carbocycles. The topological polar surface area (TPSA) is 75.3 Å². The number of hydrogen-bond donors (Lipinski definition) is 2. The Labute approximate surface area is 155 Å². The van der Waals surface area contributed by atoms with Crippen molar-refractivity contribution in [3.8, 4) is 0 Å². The highest BCUT2D eigenvalue weighted by Gasteiger charge is 2.30. The Hall–Kier alpha value is -2.55. The number of anilines is 1. The molecule has 9 heteroatoms. The van der Waals surface area contributed by atoms with E-state index in [0.29, 0.717) is 12.0 Å². The zero-order valence-corrected chi connectivity index (χ0v) is 15.3. The van der Waals surface area contributed by atoms with Gasteiger partial charge in [-0.05, 0) is 42.7 Å². The van der Waals surface area contributed by atoms with E-state index in [2.05, 4.69) is 5.32 Å². The fourth-order valence-electron chi connectivity index (χ4n) is 2.45. The minimum atomic E-state index is -4.57. The number of urea groups is 1. The van der Waals surface area contributed by atoms with E-state index in [9.17, 15) is 26.4 Å². The number of hydrogen-bond acceptors (Lipinski definition) is 3. The van der Waals surface area contributed by atoms with Gasteiger partial charge < -0.3 is 5.32 Å². The van der Waals surface area contributed by atoms with Crippen molar-refractivity contribution in [3.63, 3.8) is 0 Å². The molecule has 0 fully saturated rings. The van der Waals surface area contributed by atoms with Crippen LogP contribution in [0.1, 0.15) is 30.9 Å². The molecule has 27 heavy (non-hydrogen) atoms. The van der Waals surface area contributed by atoms with Crippen LogP contribution >= 0.6 is 0 Å². The maximum absolute atomic E-state index is 12.7. The number of benzene rings is 2. The number of carbonyl (C=O) groups is 1. The number of aryl methyl sites for hydroxylation is 1. The van der Waals surface area contributed by atoms with Crippen LogP contribution in [0.3, 0.4) is 0 Å². The molecule has 146 valence electrons. The van der Waals surface area contributed by atoms with Gasteiger partial charge in [0, 0.05) is 5.69 Å². The van der Waals surface area contributed by atoms with Crippen molar-refractivity contribution in [2.75, 3.05) is 5.32 Å². The number of nitrogens with one attached hydrogen (secondary N) is 2. The predicted octanol–water partition coefficient (Wildman–Crippen LogP) is 4.56. The van der Waals surface area contributed by atoms with Crippen molar-refractivity contribution in [1.82, 2.24) is 4.72 Å². The summed E-state index contributed by atoms with van der Waals surface area (Å²) >= 11 is 0. The maximum Gasteiger partial charge on any atom is 0.416 e. The monoisotopic (exact) mass is 400 g/mol. The minimum Gasteiger partial charge on any atom is -0.307 e. The van der Waals surface area contributed by atoms with Gasteiger partial charge in [0.25, 0.3) is 10.0 Å². The van der Waals surface area contributed by atoms with Gasteiger partial charge in [0.15, 0.2) is 0 Å². The highest BCUT2D eigenvalue weighted by molar-refractivity contribution is 7.90. The molecule has 0 spiro atoms. The number of sulfonamides is 1. The van der Waals surface area contributed by atoms with Crippen LogP contribution in [0.25, 0.3) is 0 Å². The molecular formula is C18H19F3N2O3S. The van der Waals surface area contributed by atoms with E-state index in [1.54, 1.807) is 12.1 Å². The molecule has 5 nitrogen and oxygen atoms in total. The van der Waals surface area contributed by atoms with E-state index in [4.69, 9.17) is 0 Å². The molecule has 0 aliphatic heterocycles. The summed E-state index contributed by atoms with van der Waals surface area (Å²) in [6.45, 7) is 1.97. The number of unbranched alkanes of at least 4 members (excludes halogenated alkanes) is 1. The van der Waals surface area contributed by atoms with Crippen molar-refractivity contribution in [1.29, 1.82) is 0 Å². The molecule has 0 aliphatic rings. The lowest BCUT2D eigenvalue weighted by molar-refractivity contribution is -0.137. The van der Waals surface area contributed by atoms with Gasteiger partial charge in [-0.1, -0.05) is 37.6 Å². The van der Waals surface area contributed by atoms with Crippen molar-refractivity contribution in [2.24, 2.45) is 0 Å². The van der Waals surface area contributed by atoms with E-state index in [1.165, 1.54) is 18.2 Å². The van der Waals surface area contributed by atoms with Crippen LogP contribution in [0, 0.1) is 0 Å². The fraction of sp³-hybridized carbons (Fsp3) is 0.278. The Morgan fingerprint density at radius 1 is 1.07 bits per heavy atom. The third kappa shape index (κ3) is 5.72. The largest absolute Gasteiger partial charge is 0.416 e. The lowest BCUT2D eigenvalue weighted by Crippen LogP contribution is -2.34. The second-order valence-corrected chi connectivity index (χ2v) is 7.50. The standard InChI is InChI=1S/C18H19F3N2O3S/c1-2-3-7-13-8-4-5-11-16(13)27(25,26)23-17(24)22-15-10-6-9-14(12-15)18(19,20)21/h4-6,8-12H,2-3,7H2,1H3,(H2,22,23,24). The Kier molecular flexibility index (Phi) is 6.48. The van der Waals surface area contributed by atoms with Gasteiger partial charge in [-0.3, -0.25) is 0 Å². The van der Waals surface area contributed by atoms with Crippen LogP contribution in [0.5, 0.6) is 0 Å². The first-order valence-corrected chi connectivity index (χ1v) is 9.71. The minimum absolute atomic E-state index is 0.0300. The van der Waals surface area contributed by atoms with E-state index in [-0.39, 0.29) is 10.6 Å². The van der Waals surface area contributed by atoms with Gasteiger partial charge in [0.2, 0.25) is 0 Å². The first kappa shape index (κ1) is 20.8. The summed E-state index contributed by atoms with van der Waals surface area (Å²) in [6.07, 6.45) is -2.39. The SMILES string of the molecule is CCCCc1ccccc1S(=O)(=O)NC(=O)Nc1cccc(C(F)(F)F)c1. The first-order chi connectivity index (χ1) is 12.6. The van der Waals surface area contributed by atoms with Crippen molar-refractivity contribution in [2.45, 2.75) is 37.3 Å². The molecular weight excluding hydrogens is 381 g/mol. The molecule has 2 amide bonds. The van der Waals surface area contributed by atoms with Crippen LogP contribution in [-0.2, 0) is 22.6 Å². The number of alkyl halides is 3. The second-order valence-electron chi connectivity index (χ2n) is 5.85. The number of rotatable bonds is 6. The normalized spacial score (nSPS) is 11.9. The van der Waals surface area contributed by atoms with E-state index in [1.807, 2.05) is 11.6 Å². The molecule has 0 unspecified atom stereocenters. The molecule has 0 aliphatic carbocycles. The van der Waals surface area contributed by atoms with Gasteiger partial charge in [0.1, 0.15) is 0 Å². The van der Waals surface area contributed by atoms with Crippen LogP contribution in [0.15, 0.2) is 53.4 Å². The molecule has 2 rings (SSSR count).